The van der Waals surface area contributed by atoms with Crippen LogP contribution >= 0.6 is 7.82 Å². The summed E-state index contributed by atoms with van der Waals surface area (Å²) in [5.41, 5.74) is 0. The molecule has 0 aromatic heterocycles. The average molecular weight is 282 g/mol. The van der Waals surface area contributed by atoms with Crippen molar-refractivity contribution in [2.75, 3.05) is 13.2 Å². The third kappa shape index (κ3) is 31.3. The number of ether oxygens (including phenoxy) is 3. The zero-order valence-corrected chi connectivity index (χ0v) is 12.5. The van der Waals surface area contributed by atoms with Crippen LogP contribution in [0.25, 0.3) is 0 Å². The predicted octanol–water partition coefficient (Wildman–Crippen LogP) is -3.24. The maximum absolute atomic E-state index is 10.4. The van der Waals surface area contributed by atoms with Gasteiger partial charge in [-0.1, -0.05) is 0 Å². The van der Waals surface area contributed by atoms with Crippen LogP contribution in [0.2, 0.25) is 0 Å². The van der Waals surface area contributed by atoms with Crippen LogP contribution in [0, 0.1) is 0 Å². The fourth-order valence-electron chi connectivity index (χ4n) is 0.363. The summed E-state index contributed by atoms with van der Waals surface area (Å²) in [6, 6.07) is 0. The fraction of sp³-hybridized carbons (Fsp3) is 0.667. The molecule has 0 aliphatic heterocycles. The molecule has 0 amide bonds. The van der Waals surface area contributed by atoms with E-state index in [1.54, 1.807) is 13.8 Å². The molecule has 0 spiro atoms. The van der Waals surface area contributed by atoms with Crippen molar-refractivity contribution in [2.24, 2.45) is 0 Å². The molecule has 0 aliphatic rings. The van der Waals surface area contributed by atoms with E-state index in [1.807, 2.05) is 0 Å². The minimum atomic E-state index is -4.89. The van der Waals surface area contributed by atoms with Crippen molar-refractivity contribution in [3.05, 3.63) is 0 Å². The van der Waals surface area contributed by atoms with E-state index >= 15 is 0 Å². The second-order valence-electron chi connectivity index (χ2n) is 1.96. The topological polar surface area (TPSA) is 142 Å². The van der Waals surface area contributed by atoms with E-state index in [1.165, 1.54) is 0 Å². The van der Waals surface area contributed by atoms with Gasteiger partial charge in [0.1, 0.15) is 0 Å². The van der Waals surface area contributed by atoms with E-state index in [-0.39, 0.29) is 42.8 Å². The van der Waals surface area contributed by atoms with Crippen LogP contribution in [0.3, 0.4) is 0 Å². The first kappa shape index (κ1) is 22.1. The minimum Gasteiger partial charge on any atom is -0.756 e. The van der Waals surface area contributed by atoms with Gasteiger partial charge >= 0.3 is 41.9 Å². The van der Waals surface area contributed by atoms with E-state index in [0.717, 1.165) is 0 Å². The van der Waals surface area contributed by atoms with Crippen molar-refractivity contribution in [3.63, 3.8) is 0 Å². The number of hydrogen-bond donors (Lipinski definition) is 2. The first-order valence-corrected chi connectivity index (χ1v) is 5.51. The largest absolute Gasteiger partial charge is 1.00 e. The first-order valence-electron chi connectivity index (χ1n) is 3.98. The molecule has 0 radical (unpaired) electrons. The van der Waals surface area contributed by atoms with Gasteiger partial charge in [-0.05, 0) is 13.8 Å². The summed E-state index contributed by atoms with van der Waals surface area (Å²) in [6.07, 6.45) is -2.07. The van der Waals surface area contributed by atoms with Crippen LogP contribution in [0.1, 0.15) is 13.8 Å². The second kappa shape index (κ2) is 12.3. The number of rotatable bonds is 2. The van der Waals surface area contributed by atoms with E-state index < -0.39 is 20.1 Å². The number of hydrogen-bond acceptors (Lipinski definition) is 7. The Labute approximate surface area is 120 Å². The quantitative estimate of drug-likeness (QED) is 0.231. The van der Waals surface area contributed by atoms with Crippen molar-refractivity contribution in [1.82, 2.24) is 0 Å². The summed E-state index contributed by atoms with van der Waals surface area (Å²) < 4.78 is 21.4. The van der Waals surface area contributed by atoms with Gasteiger partial charge in [0, 0.05) is 0 Å². The summed E-state index contributed by atoms with van der Waals surface area (Å²) in [5, 5.41) is 0. The SMILES string of the molecule is CCOC(=O)OC(=O)OCC.O=P([O-])(O)O.[Na+]. The Bertz CT molecular complexity index is 238. The monoisotopic (exact) mass is 282 g/mol. The summed E-state index contributed by atoms with van der Waals surface area (Å²) in [6.45, 7) is 3.54. The molecule has 9 nitrogen and oxygen atoms in total. The fourth-order valence-corrected chi connectivity index (χ4v) is 0.363. The molecule has 2 N–H and O–H groups in total. The molecule has 0 rings (SSSR count). The summed E-state index contributed by atoms with van der Waals surface area (Å²) >= 11 is 0. The molecule has 0 bridgehead atoms. The smallest absolute Gasteiger partial charge is 0.756 e. The number of carbonyl (C=O) groups excluding carboxylic acids is 2. The Kier molecular flexibility index (Phi) is 16.0. The third-order valence-electron chi connectivity index (χ3n) is 0.691. The molecule has 0 saturated heterocycles. The van der Waals surface area contributed by atoms with E-state index in [0.29, 0.717) is 0 Å². The third-order valence-corrected chi connectivity index (χ3v) is 0.691. The minimum absolute atomic E-state index is 0. The van der Waals surface area contributed by atoms with Crippen molar-refractivity contribution in [3.8, 4) is 0 Å². The average Bonchev–Trinajstić information content (AvgIpc) is 2.00. The number of carbonyl (C=O) groups is 2. The standard InChI is InChI=1S/C6H10O5.Na.H3O4P/c1-3-9-5(7)11-6(8)10-4-2;;1-5(2,3)4/h3-4H2,1-2H3;;(H3,1,2,3,4)/q;+1;/p-1. The van der Waals surface area contributed by atoms with Crippen molar-refractivity contribution in [2.45, 2.75) is 13.8 Å². The van der Waals surface area contributed by atoms with Gasteiger partial charge in [0.15, 0.2) is 0 Å². The van der Waals surface area contributed by atoms with E-state index in [9.17, 15) is 9.59 Å². The van der Waals surface area contributed by atoms with Gasteiger partial charge in [0.05, 0.1) is 13.2 Å². The summed E-state index contributed by atoms with van der Waals surface area (Å²) in [5.74, 6) is 0. The maximum Gasteiger partial charge on any atom is 1.00 e. The van der Waals surface area contributed by atoms with Gasteiger partial charge in [-0.3, -0.25) is 4.57 Å². The van der Waals surface area contributed by atoms with Crippen LogP contribution in [-0.4, -0.2) is 35.3 Å². The molecule has 17 heavy (non-hydrogen) atoms. The van der Waals surface area contributed by atoms with Gasteiger partial charge in [-0.15, -0.1) is 0 Å². The van der Waals surface area contributed by atoms with Gasteiger partial charge in [-0.25, -0.2) is 9.59 Å². The molecule has 0 atom stereocenters. The molecule has 0 saturated carbocycles. The predicted molar refractivity (Wildman–Crippen MR) is 47.2 cm³/mol. The molecule has 0 unspecified atom stereocenters. The maximum atomic E-state index is 10.4. The summed E-state index contributed by atoms with van der Waals surface area (Å²) in [7, 11) is -4.89. The Morgan fingerprint density at radius 2 is 1.35 bits per heavy atom. The molecule has 0 fully saturated rings. The summed E-state index contributed by atoms with van der Waals surface area (Å²) in [4.78, 5) is 43.7. The van der Waals surface area contributed by atoms with Gasteiger partial charge in [-0.2, -0.15) is 0 Å². The molecular weight excluding hydrogens is 270 g/mol. The normalized spacial score (nSPS) is 9.00. The first-order chi connectivity index (χ1) is 7.20. The van der Waals surface area contributed by atoms with Crippen LogP contribution in [0.5, 0.6) is 0 Å². The molecule has 0 aliphatic carbocycles. The van der Waals surface area contributed by atoms with Crippen molar-refractivity contribution in [1.29, 1.82) is 0 Å². The zero-order chi connectivity index (χ0) is 13.2. The Morgan fingerprint density at radius 1 is 1.12 bits per heavy atom. The van der Waals surface area contributed by atoms with Crippen molar-refractivity contribution < 1.29 is 72.6 Å². The van der Waals surface area contributed by atoms with Crippen LogP contribution < -0.4 is 34.5 Å². The number of phosphoric acid groups is 1. The molecule has 96 valence electrons. The molecule has 0 heterocycles. The Balaban J connectivity index is -0.000000280. The van der Waals surface area contributed by atoms with Crippen LogP contribution in [-0.2, 0) is 18.8 Å². The molecule has 11 heteroatoms. The van der Waals surface area contributed by atoms with Crippen LogP contribution in [0.4, 0.5) is 9.59 Å². The van der Waals surface area contributed by atoms with Gasteiger partial charge in [0.25, 0.3) is 7.82 Å². The Morgan fingerprint density at radius 3 is 1.53 bits per heavy atom. The molecule has 0 aromatic rings. The van der Waals surface area contributed by atoms with Gasteiger partial charge < -0.3 is 28.9 Å². The van der Waals surface area contributed by atoms with Crippen molar-refractivity contribution >= 4 is 20.1 Å². The molecular formula is C6H12NaO9P. The van der Waals surface area contributed by atoms with Gasteiger partial charge in [0.2, 0.25) is 0 Å². The molecule has 0 aromatic carbocycles. The van der Waals surface area contributed by atoms with E-state index in [4.69, 9.17) is 19.2 Å². The zero-order valence-electron chi connectivity index (χ0n) is 9.61. The Hall–Kier alpha value is -0.150. The van der Waals surface area contributed by atoms with Crippen LogP contribution in [0.15, 0.2) is 0 Å². The second-order valence-corrected chi connectivity index (χ2v) is 2.94. The van der Waals surface area contributed by atoms with E-state index in [2.05, 4.69) is 14.2 Å².